The summed E-state index contributed by atoms with van der Waals surface area (Å²) in [6.07, 6.45) is 0.951. The molecule has 92 valence electrons. The highest BCUT2D eigenvalue weighted by Crippen LogP contribution is 2.32. The van der Waals surface area contributed by atoms with E-state index in [4.69, 9.17) is 5.73 Å². The molecule has 3 heteroatoms. The van der Waals surface area contributed by atoms with Crippen LogP contribution in [0.1, 0.15) is 31.0 Å². The molecule has 2 nitrogen and oxygen atoms in total. The minimum Gasteiger partial charge on any atom is -0.347 e. The Morgan fingerprint density at radius 2 is 2.06 bits per heavy atom. The van der Waals surface area contributed by atoms with Gasteiger partial charge in [0.05, 0.1) is 0 Å². The lowest BCUT2D eigenvalue weighted by atomic mass is 10.0. The van der Waals surface area contributed by atoms with Crippen LogP contribution in [0.2, 0.25) is 0 Å². The molecule has 0 spiro atoms. The van der Waals surface area contributed by atoms with Gasteiger partial charge in [-0.1, -0.05) is 35.8 Å². The summed E-state index contributed by atoms with van der Waals surface area (Å²) in [4.78, 5) is 0. The van der Waals surface area contributed by atoms with Gasteiger partial charge in [0.1, 0.15) is 0 Å². The molecule has 0 aliphatic heterocycles. The number of nitrogens with zero attached hydrogens (tertiary/aromatic N) is 1. The summed E-state index contributed by atoms with van der Waals surface area (Å²) < 4.78 is 3.43. The highest BCUT2D eigenvalue weighted by atomic mass is 79.9. The van der Waals surface area contributed by atoms with Gasteiger partial charge in [-0.2, -0.15) is 0 Å². The Morgan fingerprint density at radius 3 is 2.65 bits per heavy atom. The van der Waals surface area contributed by atoms with Crippen molar-refractivity contribution in [3.63, 3.8) is 0 Å². The van der Waals surface area contributed by atoms with E-state index >= 15 is 0 Å². The minimum absolute atomic E-state index is 0.521. The Bertz CT molecular complexity index is 541. The maximum atomic E-state index is 5.74. The molecular formula is C14H19BrN2. The van der Waals surface area contributed by atoms with Crippen molar-refractivity contribution in [2.75, 3.05) is 6.54 Å². The second-order valence-electron chi connectivity index (χ2n) is 4.78. The van der Waals surface area contributed by atoms with Crippen LogP contribution in [0.3, 0.4) is 0 Å². The Labute approximate surface area is 111 Å². The summed E-state index contributed by atoms with van der Waals surface area (Å²) >= 11 is 3.54. The van der Waals surface area contributed by atoms with Crippen molar-refractivity contribution in [1.82, 2.24) is 4.57 Å². The third-order valence-electron chi connectivity index (χ3n) is 3.26. The number of benzene rings is 1. The number of hydrogen-bond donors (Lipinski definition) is 1. The smallest absolute Gasteiger partial charge is 0.0494 e. The molecule has 0 unspecified atom stereocenters. The average molecular weight is 295 g/mol. The predicted octanol–water partition coefficient (Wildman–Crippen LogP) is 3.57. The molecule has 0 amide bonds. The van der Waals surface area contributed by atoms with Crippen LogP contribution in [0.15, 0.2) is 22.7 Å². The SMILES string of the molecule is CC(C)c1c(CCN)c2ccc(Br)cc2n1C. The fourth-order valence-corrected chi connectivity index (χ4v) is 3.00. The first kappa shape index (κ1) is 12.7. The van der Waals surface area contributed by atoms with Crippen molar-refractivity contribution >= 4 is 26.8 Å². The van der Waals surface area contributed by atoms with Crippen LogP contribution in [0.5, 0.6) is 0 Å². The lowest BCUT2D eigenvalue weighted by molar-refractivity contribution is 0.737. The van der Waals surface area contributed by atoms with Gasteiger partial charge in [-0.05, 0) is 36.6 Å². The summed E-state index contributed by atoms with van der Waals surface area (Å²) in [5.74, 6) is 0.521. The van der Waals surface area contributed by atoms with Crippen molar-refractivity contribution in [1.29, 1.82) is 0 Å². The van der Waals surface area contributed by atoms with Crippen molar-refractivity contribution in [2.45, 2.75) is 26.2 Å². The normalized spacial score (nSPS) is 11.6. The highest BCUT2D eigenvalue weighted by Gasteiger charge is 2.16. The van der Waals surface area contributed by atoms with Gasteiger partial charge in [-0.15, -0.1) is 0 Å². The molecular weight excluding hydrogens is 276 g/mol. The summed E-state index contributed by atoms with van der Waals surface area (Å²) in [5.41, 5.74) is 9.84. The minimum atomic E-state index is 0.521. The number of rotatable bonds is 3. The van der Waals surface area contributed by atoms with Crippen LogP contribution >= 0.6 is 15.9 Å². The standard InChI is InChI=1S/C14H19BrN2/c1-9(2)14-12(6-7-16)11-5-4-10(15)8-13(11)17(14)3/h4-5,8-9H,6-7,16H2,1-3H3. The summed E-state index contributed by atoms with van der Waals surface area (Å²) in [5, 5.41) is 1.34. The number of halogens is 1. The Balaban J connectivity index is 2.77. The van der Waals surface area contributed by atoms with Gasteiger partial charge < -0.3 is 10.3 Å². The Kier molecular flexibility index (Phi) is 3.59. The van der Waals surface area contributed by atoms with Crippen LogP contribution in [-0.2, 0) is 13.5 Å². The van der Waals surface area contributed by atoms with Crippen LogP contribution in [0, 0.1) is 0 Å². The zero-order chi connectivity index (χ0) is 12.6. The predicted molar refractivity (Wildman–Crippen MR) is 77.5 cm³/mol. The molecule has 2 rings (SSSR count). The molecule has 0 saturated heterocycles. The summed E-state index contributed by atoms with van der Waals surface area (Å²) in [7, 11) is 2.14. The second kappa shape index (κ2) is 4.83. The van der Waals surface area contributed by atoms with Gasteiger partial charge in [0, 0.05) is 28.1 Å². The first-order chi connectivity index (χ1) is 8.06. The Hall–Kier alpha value is -0.800. The quantitative estimate of drug-likeness (QED) is 0.922. The maximum Gasteiger partial charge on any atom is 0.0494 e. The molecule has 0 aliphatic rings. The van der Waals surface area contributed by atoms with Gasteiger partial charge in [0.15, 0.2) is 0 Å². The van der Waals surface area contributed by atoms with Crippen molar-refractivity contribution < 1.29 is 0 Å². The van der Waals surface area contributed by atoms with E-state index in [2.05, 4.69) is 59.6 Å². The molecule has 0 atom stereocenters. The first-order valence-electron chi connectivity index (χ1n) is 6.03. The second-order valence-corrected chi connectivity index (χ2v) is 5.69. The van der Waals surface area contributed by atoms with Crippen molar-refractivity contribution in [3.8, 4) is 0 Å². The molecule has 0 fully saturated rings. The molecule has 2 aromatic rings. The van der Waals surface area contributed by atoms with Gasteiger partial charge in [0.25, 0.3) is 0 Å². The van der Waals surface area contributed by atoms with Crippen LogP contribution in [-0.4, -0.2) is 11.1 Å². The lowest BCUT2D eigenvalue weighted by Crippen LogP contribution is -2.07. The van der Waals surface area contributed by atoms with Crippen molar-refractivity contribution in [3.05, 3.63) is 33.9 Å². The van der Waals surface area contributed by atoms with E-state index < -0.39 is 0 Å². The van der Waals surface area contributed by atoms with Gasteiger partial charge in [0.2, 0.25) is 0 Å². The monoisotopic (exact) mass is 294 g/mol. The van der Waals surface area contributed by atoms with Crippen molar-refractivity contribution in [2.24, 2.45) is 12.8 Å². The topological polar surface area (TPSA) is 30.9 Å². The molecule has 0 aliphatic carbocycles. The molecule has 17 heavy (non-hydrogen) atoms. The zero-order valence-corrected chi connectivity index (χ0v) is 12.2. The third kappa shape index (κ3) is 2.14. The van der Waals surface area contributed by atoms with Gasteiger partial charge in [-0.3, -0.25) is 0 Å². The number of fused-ring (bicyclic) bond motifs is 1. The fraction of sp³-hybridized carbons (Fsp3) is 0.429. The molecule has 0 radical (unpaired) electrons. The van der Waals surface area contributed by atoms with E-state index in [-0.39, 0.29) is 0 Å². The zero-order valence-electron chi connectivity index (χ0n) is 10.6. The Morgan fingerprint density at radius 1 is 1.35 bits per heavy atom. The van der Waals surface area contributed by atoms with E-state index in [1.54, 1.807) is 0 Å². The van der Waals surface area contributed by atoms with Crippen LogP contribution < -0.4 is 5.73 Å². The highest BCUT2D eigenvalue weighted by molar-refractivity contribution is 9.10. The molecule has 0 saturated carbocycles. The number of hydrogen-bond acceptors (Lipinski definition) is 1. The number of nitrogens with two attached hydrogens (primary N) is 1. The van der Waals surface area contributed by atoms with E-state index in [1.807, 2.05) is 0 Å². The van der Waals surface area contributed by atoms with E-state index in [0.717, 1.165) is 10.9 Å². The fourth-order valence-electron chi connectivity index (χ4n) is 2.65. The van der Waals surface area contributed by atoms with Gasteiger partial charge >= 0.3 is 0 Å². The van der Waals surface area contributed by atoms with E-state index in [9.17, 15) is 0 Å². The third-order valence-corrected chi connectivity index (χ3v) is 3.75. The van der Waals surface area contributed by atoms with Gasteiger partial charge in [-0.25, -0.2) is 0 Å². The molecule has 1 heterocycles. The lowest BCUT2D eigenvalue weighted by Gasteiger charge is -2.10. The van der Waals surface area contributed by atoms with Crippen LogP contribution in [0.4, 0.5) is 0 Å². The summed E-state index contributed by atoms with van der Waals surface area (Å²) in [6.45, 7) is 5.18. The largest absolute Gasteiger partial charge is 0.347 e. The number of aryl methyl sites for hydroxylation is 1. The first-order valence-corrected chi connectivity index (χ1v) is 6.82. The average Bonchev–Trinajstić information content (AvgIpc) is 2.53. The molecule has 0 bridgehead atoms. The maximum absolute atomic E-state index is 5.74. The van der Waals surface area contributed by atoms with E-state index in [0.29, 0.717) is 12.5 Å². The molecule has 1 aromatic heterocycles. The summed E-state index contributed by atoms with van der Waals surface area (Å²) in [6, 6.07) is 6.48. The van der Waals surface area contributed by atoms with Crippen LogP contribution in [0.25, 0.3) is 10.9 Å². The number of aromatic nitrogens is 1. The molecule has 1 aromatic carbocycles. The van der Waals surface area contributed by atoms with E-state index in [1.165, 1.54) is 22.2 Å². The molecule has 2 N–H and O–H groups in total.